The molecule has 4 N–H and O–H groups in total. The SMILES string of the molecule is C[Si](C)(C)C#Cc1ccc(N)nc1N. The van der Waals surface area contributed by atoms with Crippen molar-refractivity contribution < 1.29 is 0 Å². The zero-order chi connectivity index (χ0) is 10.8. The number of hydrogen-bond donors (Lipinski definition) is 2. The van der Waals surface area contributed by atoms with Crippen molar-refractivity contribution in [2.45, 2.75) is 19.6 Å². The van der Waals surface area contributed by atoms with Crippen LogP contribution in [0.15, 0.2) is 12.1 Å². The van der Waals surface area contributed by atoms with Gasteiger partial charge in [0, 0.05) is 0 Å². The number of anilines is 2. The van der Waals surface area contributed by atoms with Crippen molar-refractivity contribution in [2.75, 3.05) is 11.5 Å². The van der Waals surface area contributed by atoms with Gasteiger partial charge >= 0.3 is 0 Å². The van der Waals surface area contributed by atoms with Gasteiger partial charge in [-0.15, -0.1) is 5.54 Å². The molecule has 0 amide bonds. The lowest BCUT2D eigenvalue weighted by Crippen LogP contribution is -2.16. The standard InChI is InChI=1S/C10H15N3Si/c1-14(2,3)7-6-8-4-5-9(11)13-10(8)12/h4-5H,1-3H3,(H4,11,12,13). The molecule has 0 aliphatic rings. The highest BCUT2D eigenvalue weighted by molar-refractivity contribution is 6.83. The quantitative estimate of drug-likeness (QED) is 0.498. The van der Waals surface area contributed by atoms with Gasteiger partial charge in [0.2, 0.25) is 0 Å². The molecule has 4 heteroatoms. The molecule has 0 aromatic carbocycles. The summed E-state index contributed by atoms with van der Waals surface area (Å²) in [6.45, 7) is 6.54. The lowest BCUT2D eigenvalue weighted by Gasteiger charge is -2.04. The molecule has 0 spiro atoms. The molecule has 74 valence electrons. The van der Waals surface area contributed by atoms with Gasteiger partial charge in [-0.2, -0.15) is 0 Å². The van der Waals surface area contributed by atoms with E-state index in [4.69, 9.17) is 11.5 Å². The van der Waals surface area contributed by atoms with Gasteiger partial charge in [0.25, 0.3) is 0 Å². The third kappa shape index (κ3) is 3.11. The maximum absolute atomic E-state index is 5.67. The minimum absolute atomic E-state index is 0.413. The first kappa shape index (κ1) is 10.6. The van der Waals surface area contributed by atoms with Gasteiger partial charge in [-0.1, -0.05) is 25.6 Å². The molecule has 0 saturated heterocycles. The Labute approximate surface area is 85.5 Å². The lowest BCUT2D eigenvalue weighted by atomic mass is 10.2. The Kier molecular flexibility index (Phi) is 2.82. The number of rotatable bonds is 0. The average molecular weight is 205 g/mol. The van der Waals surface area contributed by atoms with E-state index >= 15 is 0 Å². The van der Waals surface area contributed by atoms with Crippen molar-refractivity contribution in [3.63, 3.8) is 0 Å². The van der Waals surface area contributed by atoms with Crippen molar-refractivity contribution in [3.05, 3.63) is 17.7 Å². The lowest BCUT2D eigenvalue weighted by molar-refractivity contribution is 1.33. The second-order valence-electron chi connectivity index (χ2n) is 4.17. The van der Waals surface area contributed by atoms with Crippen LogP contribution in [-0.4, -0.2) is 13.1 Å². The fraction of sp³-hybridized carbons (Fsp3) is 0.300. The largest absolute Gasteiger partial charge is 0.384 e. The molecule has 1 rings (SSSR count). The Morgan fingerprint density at radius 2 is 1.86 bits per heavy atom. The summed E-state index contributed by atoms with van der Waals surface area (Å²) in [5, 5.41) is 0. The van der Waals surface area contributed by atoms with E-state index in [0.29, 0.717) is 11.6 Å². The van der Waals surface area contributed by atoms with E-state index in [1.54, 1.807) is 6.07 Å². The van der Waals surface area contributed by atoms with Crippen LogP contribution >= 0.6 is 0 Å². The highest BCUT2D eigenvalue weighted by Gasteiger charge is 2.08. The summed E-state index contributed by atoms with van der Waals surface area (Å²) in [7, 11) is -1.35. The number of nitrogen functional groups attached to an aromatic ring is 2. The highest BCUT2D eigenvalue weighted by atomic mass is 28.3. The molecule has 0 atom stereocenters. The van der Waals surface area contributed by atoms with Gasteiger partial charge in [-0.05, 0) is 12.1 Å². The number of nitrogens with zero attached hydrogens (tertiary/aromatic N) is 1. The Balaban J connectivity index is 3.02. The summed E-state index contributed by atoms with van der Waals surface area (Å²) in [5.41, 5.74) is 15.1. The van der Waals surface area contributed by atoms with E-state index in [1.807, 2.05) is 6.07 Å². The van der Waals surface area contributed by atoms with E-state index < -0.39 is 8.07 Å². The molecular formula is C10H15N3Si. The van der Waals surface area contributed by atoms with E-state index in [0.717, 1.165) is 5.56 Å². The molecule has 0 saturated carbocycles. The molecule has 1 aromatic rings. The summed E-state index contributed by atoms with van der Waals surface area (Å²) < 4.78 is 0. The first-order valence-corrected chi connectivity index (χ1v) is 7.94. The first-order chi connectivity index (χ1) is 6.38. The van der Waals surface area contributed by atoms with E-state index in [-0.39, 0.29) is 0 Å². The van der Waals surface area contributed by atoms with Crippen LogP contribution in [0.5, 0.6) is 0 Å². The molecule has 14 heavy (non-hydrogen) atoms. The van der Waals surface area contributed by atoms with Gasteiger partial charge in [0.1, 0.15) is 19.7 Å². The van der Waals surface area contributed by atoms with Crippen LogP contribution in [0.2, 0.25) is 19.6 Å². The minimum Gasteiger partial charge on any atom is -0.384 e. The molecule has 0 radical (unpaired) electrons. The normalized spacial score (nSPS) is 10.5. The van der Waals surface area contributed by atoms with Crippen molar-refractivity contribution in [2.24, 2.45) is 0 Å². The second-order valence-corrected chi connectivity index (χ2v) is 8.92. The molecule has 3 nitrogen and oxygen atoms in total. The molecule has 1 aromatic heterocycles. The summed E-state index contributed by atoms with van der Waals surface area (Å²) in [6.07, 6.45) is 0. The van der Waals surface area contributed by atoms with E-state index in [2.05, 4.69) is 36.1 Å². The van der Waals surface area contributed by atoms with Crippen molar-refractivity contribution >= 4 is 19.7 Å². The maximum atomic E-state index is 5.67. The van der Waals surface area contributed by atoms with Crippen LogP contribution < -0.4 is 11.5 Å². The van der Waals surface area contributed by atoms with E-state index in [9.17, 15) is 0 Å². The molecule has 0 aliphatic carbocycles. The molecule has 0 aliphatic heterocycles. The van der Waals surface area contributed by atoms with Crippen LogP contribution in [0.1, 0.15) is 5.56 Å². The predicted octanol–water partition coefficient (Wildman–Crippen LogP) is 1.47. The average Bonchev–Trinajstić information content (AvgIpc) is 2.00. The van der Waals surface area contributed by atoms with Crippen molar-refractivity contribution in [3.8, 4) is 11.5 Å². The Morgan fingerprint density at radius 1 is 1.21 bits per heavy atom. The smallest absolute Gasteiger partial charge is 0.141 e. The Hall–Kier alpha value is -1.47. The zero-order valence-corrected chi connectivity index (χ0v) is 9.76. The first-order valence-electron chi connectivity index (χ1n) is 4.44. The maximum Gasteiger partial charge on any atom is 0.141 e. The van der Waals surface area contributed by atoms with Crippen LogP contribution in [0.4, 0.5) is 11.6 Å². The Morgan fingerprint density at radius 3 is 2.36 bits per heavy atom. The van der Waals surface area contributed by atoms with Gasteiger partial charge in [0.05, 0.1) is 5.56 Å². The minimum atomic E-state index is -1.35. The highest BCUT2D eigenvalue weighted by Crippen LogP contribution is 2.09. The number of nitrogens with two attached hydrogens (primary N) is 2. The monoisotopic (exact) mass is 205 g/mol. The van der Waals surface area contributed by atoms with Crippen LogP contribution in [0.3, 0.4) is 0 Å². The molecule has 0 fully saturated rings. The summed E-state index contributed by atoms with van der Waals surface area (Å²) in [5.74, 6) is 3.89. The second kappa shape index (κ2) is 3.72. The number of aromatic nitrogens is 1. The summed E-state index contributed by atoms with van der Waals surface area (Å²) in [4.78, 5) is 3.94. The van der Waals surface area contributed by atoms with Gasteiger partial charge < -0.3 is 11.5 Å². The molecule has 0 bridgehead atoms. The fourth-order valence-electron chi connectivity index (χ4n) is 0.851. The van der Waals surface area contributed by atoms with Gasteiger partial charge in [-0.25, -0.2) is 4.98 Å². The van der Waals surface area contributed by atoms with Crippen molar-refractivity contribution in [1.29, 1.82) is 0 Å². The van der Waals surface area contributed by atoms with Gasteiger partial charge in [0.15, 0.2) is 0 Å². The summed E-state index contributed by atoms with van der Waals surface area (Å²) >= 11 is 0. The fourth-order valence-corrected chi connectivity index (χ4v) is 1.36. The van der Waals surface area contributed by atoms with Crippen LogP contribution in [0.25, 0.3) is 0 Å². The number of hydrogen-bond acceptors (Lipinski definition) is 3. The van der Waals surface area contributed by atoms with E-state index in [1.165, 1.54) is 0 Å². The molecular weight excluding hydrogens is 190 g/mol. The van der Waals surface area contributed by atoms with Gasteiger partial charge in [-0.3, -0.25) is 0 Å². The van der Waals surface area contributed by atoms with Crippen LogP contribution in [0, 0.1) is 11.5 Å². The zero-order valence-electron chi connectivity index (χ0n) is 8.76. The third-order valence-electron chi connectivity index (χ3n) is 1.52. The predicted molar refractivity (Wildman–Crippen MR) is 63.3 cm³/mol. The van der Waals surface area contributed by atoms with Crippen LogP contribution in [-0.2, 0) is 0 Å². The molecule has 1 heterocycles. The number of pyridine rings is 1. The Bertz CT molecular complexity index is 396. The third-order valence-corrected chi connectivity index (χ3v) is 2.39. The summed E-state index contributed by atoms with van der Waals surface area (Å²) in [6, 6.07) is 3.52. The topological polar surface area (TPSA) is 64.9 Å². The molecule has 0 unspecified atom stereocenters. The van der Waals surface area contributed by atoms with Crippen molar-refractivity contribution in [1.82, 2.24) is 4.98 Å².